The monoisotopic (exact) mass is 239 g/mol. The van der Waals surface area contributed by atoms with Crippen molar-refractivity contribution in [2.45, 2.75) is 13.0 Å². The number of nitrogens with zero attached hydrogens (tertiary/aromatic N) is 2. The molecular formula is C9H13N5O3. The first-order valence-corrected chi connectivity index (χ1v) is 5.10. The zero-order valence-electron chi connectivity index (χ0n) is 9.44. The van der Waals surface area contributed by atoms with Gasteiger partial charge in [-0.3, -0.25) is 14.3 Å². The summed E-state index contributed by atoms with van der Waals surface area (Å²) in [4.78, 5) is 31.8. The third kappa shape index (κ3) is 2.07. The number of nitrogens with one attached hydrogen (secondary N) is 3. The highest BCUT2D eigenvalue weighted by Gasteiger charge is 2.10. The minimum absolute atomic E-state index is 0.222. The number of hydrogen-bond acceptors (Lipinski definition) is 5. The highest BCUT2D eigenvalue weighted by molar-refractivity contribution is 5.72. The lowest BCUT2D eigenvalue weighted by molar-refractivity contribution is 0.208. The normalized spacial score (nSPS) is 12.9. The molecule has 2 rings (SSSR count). The number of aromatic nitrogens is 4. The van der Waals surface area contributed by atoms with E-state index in [2.05, 4.69) is 20.3 Å². The number of aromatic amines is 2. The number of anilines is 1. The van der Waals surface area contributed by atoms with E-state index in [0.717, 1.165) is 0 Å². The summed E-state index contributed by atoms with van der Waals surface area (Å²) in [7, 11) is 1.51. The Morgan fingerprint density at radius 2 is 2.18 bits per heavy atom. The summed E-state index contributed by atoms with van der Waals surface area (Å²) in [5, 5.41) is 11.9. The van der Waals surface area contributed by atoms with Crippen molar-refractivity contribution in [3.63, 3.8) is 0 Å². The van der Waals surface area contributed by atoms with Crippen molar-refractivity contribution in [3.05, 3.63) is 20.8 Å². The van der Waals surface area contributed by atoms with E-state index in [9.17, 15) is 9.59 Å². The summed E-state index contributed by atoms with van der Waals surface area (Å²) >= 11 is 0. The highest BCUT2D eigenvalue weighted by atomic mass is 16.3. The fourth-order valence-corrected chi connectivity index (χ4v) is 1.43. The van der Waals surface area contributed by atoms with E-state index in [1.54, 1.807) is 6.92 Å². The van der Waals surface area contributed by atoms with E-state index in [1.165, 1.54) is 11.6 Å². The van der Waals surface area contributed by atoms with Crippen LogP contribution in [0.5, 0.6) is 0 Å². The van der Waals surface area contributed by atoms with E-state index in [1.807, 2.05) is 0 Å². The van der Waals surface area contributed by atoms with Crippen molar-refractivity contribution in [2.75, 3.05) is 11.9 Å². The molecule has 0 aliphatic heterocycles. The van der Waals surface area contributed by atoms with Crippen LogP contribution < -0.4 is 16.6 Å². The SMILES string of the molecule is C[C@@H](O)CNc1nc2c([nH]1)c(=O)[nH]c(=O)n2C. The molecule has 0 aliphatic carbocycles. The molecule has 0 aliphatic rings. The maximum Gasteiger partial charge on any atom is 0.329 e. The zero-order valence-corrected chi connectivity index (χ0v) is 9.44. The van der Waals surface area contributed by atoms with Crippen LogP contribution in [0.15, 0.2) is 9.59 Å². The molecule has 0 spiro atoms. The van der Waals surface area contributed by atoms with Gasteiger partial charge in [0.2, 0.25) is 5.95 Å². The Balaban J connectivity index is 2.50. The Morgan fingerprint density at radius 3 is 2.82 bits per heavy atom. The predicted octanol–water partition coefficient (Wildman–Crippen LogP) is -1.26. The van der Waals surface area contributed by atoms with E-state index < -0.39 is 17.4 Å². The second-order valence-electron chi connectivity index (χ2n) is 3.83. The quantitative estimate of drug-likeness (QED) is 0.533. The van der Waals surface area contributed by atoms with E-state index >= 15 is 0 Å². The van der Waals surface area contributed by atoms with Crippen LogP contribution in [0.3, 0.4) is 0 Å². The molecule has 2 aromatic rings. The van der Waals surface area contributed by atoms with E-state index in [-0.39, 0.29) is 11.2 Å². The van der Waals surface area contributed by atoms with Gasteiger partial charge in [0.25, 0.3) is 5.56 Å². The second-order valence-corrected chi connectivity index (χ2v) is 3.83. The van der Waals surface area contributed by atoms with Crippen molar-refractivity contribution in [2.24, 2.45) is 7.05 Å². The molecule has 17 heavy (non-hydrogen) atoms. The van der Waals surface area contributed by atoms with Gasteiger partial charge in [0, 0.05) is 13.6 Å². The van der Waals surface area contributed by atoms with Crippen molar-refractivity contribution in [1.82, 2.24) is 19.5 Å². The molecule has 0 fully saturated rings. The number of aliphatic hydroxyl groups is 1. The molecule has 92 valence electrons. The summed E-state index contributed by atoms with van der Waals surface area (Å²) in [6.07, 6.45) is -0.537. The molecule has 0 radical (unpaired) electrons. The van der Waals surface area contributed by atoms with Gasteiger partial charge in [-0.05, 0) is 6.92 Å². The van der Waals surface area contributed by atoms with Crippen LogP contribution in [-0.2, 0) is 7.05 Å². The molecule has 0 saturated heterocycles. The Kier molecular flexibility index (Phi) is 2.72. The number of hydrogen-bond donors (Lipinski definition) is 4. The molecule has 4 N–H and O–H groups in total. The summed E-state index contributed by atoms with van der Waals surface area (Å²) in [6, 6.07) is 0. The average Bonchev–Trinajstić information content (AvgIpc) is 2.68. The standard InChI is InChI=1S/C9H13N5O3/c1-4(15)3-10-8-11-5-6(12-8)14(2)9(17)13-7(5)16/h4,15H,3H2,1-2H3,(H2,10,11,12)(H,13,16,17)/t4-/m1/s1. The molecule has 0 aromatic carbocycles. The second kappa shape index (κ2) is 4.06. The first kappa shape index (κ1) is 11.4. The van der Waals surface area contributed by atoms with Crippen molar-refractivity contribution in [3.8, 4) is 0 Å². The number of imidazole rings is 1. The predicted molar refractivity (Wildman–Crippen MR) is 62.1 cm³/mol. The molecule has 8 nitrogen and oxygen atoms in total. The first-order chi connectivity index (χ1) is 7.99. The lowest BCUT2D eigenvalue weighted by Gasteiger charge is -2.03. The minimum Gasteiger partial charge on any atom is -0.392 e. The third-order valence-electron chi connectivity index (χ3n) is 2.32. The fourth-order valence-electron chi connectivity index (χ4n) is 1.43. The van der Waals surface area contributed by atoms with E-state index in [0.29, 0.717) is 12.5 Å². The molecule has 2 heterocycles. The van der Waals surface area contributed by atoms with Crippen molar-refractivity contribution in [1.29, 1.82) is 0 Å². The molecule has 0 amide bonds. The molecule has 0 unspecified atom stereocenters. The number of aliphatic hydroxyl groups excluding tert-OH is 1. The van der Waals surface area contributed by atoms with Gasteiger partial charge in [-0.2, -0.15) is 4.98 Å². The Hall–Kier alpha value is -2.09. The maximum absolute atomic E-state index is 11.5. The molecule has 2 aromatic heterocycles. The first-order valence-electron chi connectivity index (χ1n) is 5.10. The van der Waals surface area contributed by atoms with Crippen molar-refractivity contribution >= 4 is 17.1 Å². The Bertz CT molecular complexity index is 651. The molecular weight excluding hydrogens is 226 g/mol. The van der Waals surface area contributed by atoms with Crippen LogP contribution in [0, 0.1) is 0 Å². The Morgan fingerprint density at radius 1 is 1.47 bits per heavy atom. The summed E-state index contributed by atoms with van der Waals surface area (Å²) in [5.74, 6) is 0.340. The lowest BCUT2D eigenvalue weighted by atomic mass is 10.4. The molecule has 0 saturated carbocycles. The topological polar surface area (TPSA) is 116 Å². The number of aryl methyl sites for hydroxylation is 1. The van der Waals surface area contributed by atoms with Crippen LogP contribution in [-0.4, -0.2) is 37.3 Å². The molecule has 1 atom stereocenters. The number of fused-ring (bicyclic) bond motifs is 1. The zero-order chi connectivity index (χ0) is 12.6. The summed E-state index contributed by atoms with van der Waals surface area (Å²) in [6.45, 7) is 1.92. The average molecular weight is 239 g/mol. The largest absolute Gasteiger partial charge is 0.392 e. The Labute approximate surface area is 95.3 Å². The van der Waals surface area contributed by atoms with Crippen molar-refractivity contribution < 1.29 is 5.11 Å². The van der Waals surface area contributed by atoms with Crippen LogP contribution >= 0.6 is 0 Å². The van der Waals surface area contributed by atoms with Gasteiger partial charge in [-0.1, -0.05) is 0 Å². The smallest absolute Gasteiger partial charge is 0.329 e. The molecule has 0 bridgehead atoms. The summed E-state index contributed by atoms with van der Waals surface area (Å²) < 4.78 is 1.24. The third-order valence-corrected chi connectivity index (χ3v) is 2.32. The van der Waals surface area contributed by atoms with Gasteiger partial charge in [0.15, 0.2) is 11.2 Å². The van der Waals surface area contributed by atoms with Gasteiger partial charge in [0.05, 0.1) is 6.10 Å². The van der Waals surface area contributed by atoms with Crippen LogP contribution in [0.25, 0.3) is 11.2 Å². The van der Waals surface area contributed by atoms with Gasteiger partial charge >= 0.3 is 5.69 Å². The molecule has 8 heteroatoms. The van der Waals surface area contributed by atoms with Crippen LogP contribution in [0.2, 0.25) is 0 Å². The van der Waals surface area contributed by atoms with Gasteiger partial charge in [0.1, 0.15) is 0 Å². The highest BCUT2D eigenvalue weighted by Crippen LogP contribution is 2.07. The number of H-pyrrole nitrogens is 2. The minimum atomic E-state index is -0.537. The van der Waals surface area contributed by atoms with Gasteiger partial charge in [-0.25, -0.2) is 4.79 Å². The maximum atomic E-state index is 11.5. The van der Waals surface area contributed by atoms with Crippen LogP contribution in [0.1, 0.15) is 6.92 Å². The summed E-state index contributed by atoms with van der Waals surface area (Å²) in [5.41, 5.74) is -0.538. The van der Waals surface area contributed by atoms with Gasteiger partial charge < -0.3 is 15.4 Å². The fraction of sp³-hybridized carbons (Fsp3) is 0.444. The number of rotatable bonds is 3. The lowest BCUT2D eigenvalue weighted by Crippen LogP contribution is -2.28. The van der Waals surface area contributed by atoms with E-state index in [4.69, 9.17) is 5.11 Å². The van der Waals surface area contributed by atoms with Gasteiger partial charge in [-0.15, -0.1) is 0 Å². The van der Waals surface area contributed by atoms with Crippen LogP contribution in [0.4, 0.5) is 5.95 Å².